The highest BCUT2D eigenvalue weighted by Gasteiger charge is 2.11. The van der Waals surface area contributed by atoms with E-state index in [-0.39, 0.29) is 0 Å². The molecule has 0 aliphatic heterocycles. The molecule has 2 aromatic carbocycles. The maximum Gasteiger partial charge on any atom is 0.199 e. The topological polar surface area (TPSA) is 96.7 Å². The van der Waals surface area contributed by atoms with Gasteiger partial charge in [0.1, 0.15) is 29.2 Å². The second kappa shape index (κ2) is 7.61. The monoisotopic (exact) mass is 359 g/mol. The first-order chi connectivity index (χ1) is 12.1. The van der Waals surface area contributed by atoms with E-state index in [1.165, 1.54) is 6.33 Å². The number of rotatable bonds is 6. The standard InChI is InChI=1S/C17H18N3O4P/c1-23-12-7-14-16(15(8-12)24-2)19-10-20-17(14)18-9-11-3-5-13(6-4-11)25(21)22/h3-8,10,21-22H,9H2,1-2H3,(H,18,19,20). The van der Waals surface area contributed by atoms with Crippen molar-refractivity contribution < 1.29 is 19.3 Å². The maximum atomic E-state index is 9.20. The number of aromatic nitrogens is 2. The van der Waals surface area contributed by atoms with E-state index in [1.54, 1.807) is 32.4 Å². The van der Waals surface area contributed by atoms with Gasteiger partial charge in [-0.1, -0.05) is 12.1 Å². The largest absolute Gasteiger partial charge is 0.497 e. The molecule has 3 N–H and O–H groups in total. The number of anilines is 1. The van der Waals surface area contributed by atoms with E-state index in [9.17, 15) is 9.79 Å². The molecule has 7 nitrogen and oxygen atoms in total. The van der Waals surface area contributed by atoms with Crippen molar-refractivity contribution in [1.29, 1.82) is 0 Å². The Bertz CT molecular complexity index is 872. The van der Waals surface area contributed by atoms with Gasteiger partial charge >= 0.3 is 0 Å². The Kier molecular flexibility index (Phi) is 5.28. The molecule has 0 amide bonds. The predicted octanol–water partition coefficient (Wildman–Crippen LogP) is 2.18. The fourth-order valence-electron chi connectivity index (χ4n) is 2.46. The summed E-state index contributed by atoms with van der Waals surface area (Å²) in [5.41, 5.74) is 1.68. The number of hydrogen-bond acceptors (Lipinski definition) is 7. The third-order valence-electron chi connectivity index (χ3n) is 3.76. The van der Waals surface area contributed by atoms with Crippen molar-refractivity contribution >= 4 is 30.4 Å². The third kappa shape index (κ3) is 3.79. The van der Waals surface area contributed by atoms with Crippen molar-refractivity contribution in [2.75, 3.05) is 19.5 Å². The minimum Gasteiger partial charge on any atom is -0.497 e. The van der Waals surface area contributed by atoms with Crippen LogP contribution in [0.25, 0.3) is 10.9 Å². The van der Waals surface area contributed by atoms with Gasteiger partial charge in [-0.25, -0.2) is 9.97 Å². The van der Waals surface area contributed by atoms with Crippen LogP contribution in [0.15, 0.2) is 42.7 Å². The SMILES string of the molecule is COc1cc(OC)c2ncnc(NCc3ccc(P(O)O)cc3)c2c1. The van der Waals surface area contributed by atoms with Crippen LogP contribution < -0.4 is 20.1 Å². The summed E-state index contributed by atoms with van der Waals surface area (Å²) in [6.07, 6.45) is 1.48. The van der Waals surface area contributed by atoms with Gasteiger partial charge in [-0.2, -0.15) is 0 Å². The number of benzene rings is 2. The molecule has 0 saturated carbocycles. The molecule has 0 radical (unpaired) electrons. The molecule has 3 rings (SSSR count). The first-order valence-electron chi connectivity index (χ1n) is 7.50. The lowest BCUT2D eigenvalue weighted by atomic mass is 10.2. The predicted molar refractivity (Wildman–Crippen MR) is 97.4 cm³/mol. The molecule has 0 unspecified atom stereocenters. The van der Waals surface area contributed by atoms with Gasteiger partial charge in [-0.05, 0) is 23.8 Å². The molecule has 0 aliphatic rings. The van der Waals surface area contributed by atoms with Crippen LogP contribution in [0.4, 0.5) is 5.82 Å². The second-order valence-electron chi connectivity index (χ2n) is 5.26. The highest BCUT2D eigenvalue weighted by atomic mass is 31.2. The summed E-state index contributed by atoms with van der Waals surface area (Å²) in [7, 11) is 1.11. The Balaban J connectivity index is 1.88. The first-order valence-corrected chi connectivity index (χ1v) is 8.74. The van der Waals surface area contributed by atoms with Crippen LogP contribution in [0, 0.1) is 0 Å². The van der Waals surface area contributed by atoms with Crippen LogP contribution in [0.5, 0.6) is 11.5 Å². The highest BCUT2D eigenvalue weighted by molar-refractivity contribution is 7.54. The Morgan fingerprint density at radius 1 is 1.04 bits per heavy atom. The molecule has 0 aliphatic carbocycles. The summed E-state index contributed by atoms with van der Waals surface area (Å²) >= 11 is 0. The summed E-state index contributed by atoms with van der Waals surface area (Å²) in [5, 5.41) is 4.58. The van der Waals surface area contributed by atoms with E-state index >= 15 is 0 Å². The number of methoxy groups -OCH3 is 2. The van der Waals surface area contributed by atoms with E-state index < -0.39 is 8.38 Å². The Morgan fingerprint density at radius 2 is 1.80 bits per heavy atom. The molecule has 0 bridgehead atoms. The Hall–Kier alpha value is -2.47. The average Bonchev–Trinajstić information content (AvgIpc) is 2.65. The van der Waals surface area contributed by atoms with Gasteiger partial charge in [0.25, 0.3) is 0 Å². The molecular formula is C17H18N3O4P. The van der Waals surface area contributed by atoms with Crippen molar-refractivity contribution in [1.82, 2.24) is 9.97 Å². The van der Waals surface area contributed by atoms with E-state index in [1.807, 2.05) is 18.2 Å². The van der Waals surface area contributed by atoms with Crippen LogP contribution in [0.3, 0.4) is 0 Å². The third-order valence-corrected chi connectivity index (χ3v) is 4.52. The highest BCUT2D eigenvalue weighted by Crippen LogP contribution is 2.32. The van der Waals surface area contributed by atoms with Gasteiger partial charge in [-0.15, -0.1) is 0 Å². The minimum atomic E-state index is -2.06. The van der Waals surface area contributed by atoms with Crippen molar-refractivity contribution in [2.45, 2.75) is 6.54 Å². The van der Waals surface area contributed by atoms with Gasteiger partial charge in [0.15, 0.2) is 8.38 Å². The van der Waals surface area contributed by atoms with Crippen molar-refractivity contribution in [3.05, 3.63) is 48.3 Å². The van der Waals surface area contributed by atoms with Gasteiger partial charge < -0.3 is 24.6 Å². The maximum absolute atomic E-state index is 9.20. The molecule has 3 aromatic rings. The van der Waals surface area contributed by atoms with Crippen molar-refractivity contribution in [3.8, 4) is 11.5 Å². The van der Waals surface area contributed by atoms with Gasteiger partial charge in [0, 0.05) is 17.9 Å². The molecular weight excluding hydrogens is 341 g/mol. The first kappa shape index (κ1) is 17.4. The lowest BCUT2D eigenvalue weighted by molar-refractivity contribution is 0.397. The second-order valence-corrected chi connectivity index (χ2v) is 6.35. The molecule has 0 spiro atoms. The van der Waals surface area contributed by atoms with Gasteiger partial charge in [0.2, 0.25) is 0 Å². The summed E-state index contributed by atoms with van der Waals surface area (Å²) in [6, 6.07) is 10.7. The normalized spacial score (nSPS) is 10.9. The molecule has 1 aromatic heterocycles. The van der Waals surface area contributed by atoms with E-state index in [2.05, 4.69) is 15.3 Å². The van der Waals surface area contributed by atoms with Crippen LogP contribution in [0.2, 0.25) is 0 Å². The van der Waals surface area contributed by atoms with Gasteiger partial charge in [0.05, 0.1) is 19.6 Å². The summed E-state index contributed by atoms with van der Waals surface area (Å²) in [4.78, 5) is 27.0. The number of nitrogens with one attached hydrogen (secondary N) is 1. The zero-order valence-corrected chi connectivity index (χ0v) is 14.7. The van der Waals surface area contributed by atoms with Gasteiger partial charge in [-0.3, -0.25) is 0 Å². The minimum absolute atomic E-state index is 0.515. The zero-order valence-electron chi connectivity index (χ0n) is 13.8. The Morgan fingerprint density at radius 3 is 2.44 bits per heavy atom. The molecule has 1 heterocycles. The lowest BCUT2D eigenvalue weighted by Crippen LogP contribution is -2.05. The van der Waals surface area contributed by atoms with E-state index in [0.717, 1.165) is 10.9 Å². The smallest absolute Gasteiger partial charge is 0.199 e. The Labute approximate surface area is 146 Å². The average molecular weight is 359 g/mol. The van der Waals surface area contributed by atoms with E-state index in [0.29, 0.717) is 34.7 Å². The number of ether oxygens (including phenoxy) is 2. The molecule has 130 valence electrons. The molecule has 0 fully saturated rings. The zero-order chi connectivity index (χ0) is 17.8. The number of fused-ring (bicyclic) bond motifs is 1. The van der Waals surface area contributed by atoms with E-state index in [4.69, 9.17) is 9.47 Å². The molecule has 25 heavy (non-hydrogen) atoms. The molecule has 0 atom stereocenters. The fourth-order valence-corrected chi connectivity index (χ4v) is 2.87. The van der Waals surface area contributed by atoms with Crippen molar-refractivity contribution in [2.24, 2.45) is 0 Å². The molecule has 8 heteroatoms. The number of hydrogen-bond donors (Lipinski definition) is 3. The quantitative estimate of drug-likeness (QED) is 0.581. The molecule has 0 saturated heterocycles. The summed E-state index contributed by atoms with van der Waals surface area (Å²) < 4.78 is 10.7. The van der Waals surface area contributed by atoms with Crippen LogP contribution in [0.1, 0.15) is 5.56 Å². The summed E-state index contributed by atoms with van der Waals surface area (Å²) in [6.45, 7) is 0.528. The summed E-state index contributed by atoms with van der Waals surface area (Å²) in [5.74, 6) is 1.94. The van der Waals surface area contributed by atoms with Crippen molar-refractivity contribution in [3.63, 3.8) is 0 Å². The number of nitrogens with zero attached hydrogens (tertiary/aromatic N) is 2. The lowest BCUT2D eigenvalue weighted by Gasteiger charge is -2.12. The van der Waals surface area contributed by atoms with Crippen LogP contribution >= 0.6 is 8.38 Å². The fraction of sp³-hybridized carbons (Fsp3) is 0.176. The van der Waals surface area contributed by atoms with Crippen LogP contribution in [-0.4, -0.2) is 34.0 Å². The van der Waals surface area contributed by atoms with Crippen LogP contribution in [-0.2, 0) is 6.54 Å².